The molecule has 1 fully saturated rings. The van der Waals surface area contributed by atoms with Gasteiger partial charge in [-0.05, 0) is 18.6 Å². The molecule has 0 radical (unpaired) electrons. The molecule has 2 aliphatic rings. The summed E-state index contributed by atoms with van der Waals surface area (Å²) >= 11 is 1.81. The summed E-state index contributed by atoms with van der Waals surface area (Å²) in [7, 11) is -2.91. The predicted octanol–water partition coefficient (Wildman–Crippen LogP) is 1.63. The number of hydrogen-bond donors (Lipinski definition) is 0. The number of sulfone groups is 1. The SMILES string of the molecule is CC1CCN(C(=O)CN2CCS(=O)(=O)CC2)c2ccccc2S1. The number of fused-ring (bicyclic) bond motifs is 1. The molecule has 2 heterocycles. The molecule has 0 aromatic heterocycles. The van der Waals surface area contributed by atoms with Crippen LogP contribution in [0.1, 0.15) is 13.3 Å². The first-order valence-corrected chi connectivity index (χ1v) is 10.6. The molecule has 1 atom stereocenters. The summed E-state index contributed by atoms with van der Waals surface area (Å²) in [4.78, 5) is 17.7. The number of rotatable bonds is 2. The number of nitrogens with zero attached hydrogens (tertiary/aromatic N) is 2. The van der Waals surface area contributed by atoms with Gasteiger partial charge >= 0.3 is 0 Å². The van der Waals surface area contributed by atoms with Crippen molar-refractivity contribution in [2.45, 2.75) is 23.5 Å². The maximum Gasteiger partial charge on any atom is 0.241 e. The summed E-state index contributed by atoms with van der Waals surface area (Å²) in [6.07, 6.45) is 0.958. The standard InChI is InChI=1S/C16H22N2O3S2/c1-13-6-7-18(14-4-2-3-5-15(14)22-13)16(19)12-17-8-10-23(20,21)11-9-17/h2-5,13H,6-12H2,1H3. The predicted molar refractivity (Wildman–Crippen MR) is 93.8 cm³/mol. The zero-order chi connectivity index (χ0) is 16.4. The van der Waals surface area contributed by atoms with Crippen LogP contribution in [0.5, 0.6) is 0 Å². The summed E-state index contributed by atoms with van der Waals surface area (Å²) in [5, 5.41) is 0.481. The fourth-order valence-corrected chi connectivity index (χ4v) is 5.32. The van der Waals surface area contributed by atoms with Gasteiger partial charge in [-0.2, -0.15) is 0 Å². The van der Waals surface area contributed by atoms with E-state index < -0.39 is 9.84 Å². The van der Waals surface area contributed by atoms with Crippen LogP contribution in [-0.2, 0) is 14.6 Å². The number of para-hydroxylation sites is 1. The highest BCUT2D eigenvalue weighted by atomic mass is 32.2. The van der Waals surface area contributed by atoms with Crippen LogP contribution in [0, 0.1) is 0 Å². The maximum atomic E-state index is 12.8. The van der Waals surface area contributed by atoms with E-state index in [4.69, 9.17) is 0 Å². The van der Waals surface area contributed by atoms with Crippen LogP contribution < -0.4 is 4.90 Å². The number of carbonyl (C=O) groups is 1. The van der Waals surface area contributed by atoms with Crippen molar-refractivity contribution in [2.75, 3.05) is 42.6 Å². The van der Waals surface area contributed by atoms with E-state index in [1.807, 2.05) is 39.8 Å². The molecule has 0 bridgehead atoms. The molecule has 5 nitrogen and oxygen atoms in total. The third-order valence-corrected chi connectivity index (χ3v) is 7.19. The summed E-state index contributed by atoms with van der Waals surface area (Å²) < 4.78 is 23.0. The number of amides is 1. The van der Waals surface area contributed by atoms with E-state index in [9.17, 15) is 13.2 Å². The molecule has 0 saturated carbocycles. The van der Waals surface area contributed by atoms with Gasteiger partial charge in [-0.15, -0.1) is 11.8 Å². The van der Waals surface area contributed by atoms with E-state index in [0.29, 0.717) is 24.9 Å². The first-order valence-electron chi connectivity index (χ1n) is 7.93. The topological polar surface area (TPSA) is 57.7 Å². The smallest absolute Gasteiger partial charge is 0.241 e. The van der Waals surface area contributed by atoms with Gasteiger partial charge < -0.3 is 4.90 Å². The van der Waals surface area contributed by atoms with E-state index in [0.717, 1.165) is 23.5 Å². The number of thioether (sulfide) groups is 1. The van der Waals surface area contributed by atoms with Crippen LogP contribution in [0.15, 0.2) is 29.2 Å². The van der Waals surface area contributed by atoms with Crippen LogP contribution in [0.2, 0.25) is 0 Å². The summed E-state index contributed by atoms with van der Waals surface area (Å²) in [6.45, 7) is 4.10. The zero-order valence-electron chi connectivity index (χ0n) is 13.3. The van der Waals surface area contributed by atoms with Crippen molar-refractivity contribution >= 4 is 33.2 Å². The Morgan fingerprint density at radius 3 is 2.65 bits per heavy atom. The van der Waals surface area contributed by atoms with Crippen LogP contribution in [0.4, 0.5) is 5.69 Å². The molecule has 3 rings (SSSR count). The number of anilines is 1. The third-order valence-electron chi connectivity index (χ3n) is 4.34. The molecule has 7 heteroatoms. The van der Waals surface area contributed by atoms with E-state index in [2.05, 4.69) is 13.0 Å². The fourth-order valence-electron chi connectivity index (χ4n) is 2.93. The minimum absolute atomic E-state index is 0.0615. The highest BCUT2D eigenvalue weighted by Crippen LogP contribution is 2.37. The van der Waals surface area contributed by atoms with Gasteiger partial charge in [0.05, 0.1) is 23.7 Å². The van der Waals surface area contributed by atoms with Crippen LogP contribution in [0.3, 0.4) is 0 Å². The van der Waals surface area contributed by atoms with Gasteiger partial charge in [0.15, 0.2) is 9.84 Å². The molecule has 126 valence electrons. The van der Waals surface area contributed by atoms with E-state index in [1.165, 1.54) is 0 Å². The van der Waals surface area contributed by atoms with Gasteiger partial charge in [-0.3, -0.25) is 9.69 Å². The highest BCUT2D eigenvalue weighted by molar-refractivity contribution is 8.00. The van der Waals surface area contributed by atoms with Crippen LogP contribution in [-0.4, -0.2) is 62.2 Å². The second-order valence-electron chi connectivity index (χ2n) is 6.16. The number of hydrogen-bond acceptors (Lipinski definition) is 5. The van der Waals surface area contributed by atoms with Gasteiger partial charge in [-0.1, -0.05) is 19.1 Å². The van der Waals surface area contributed by atoms with Crippen molar-refractivity contribution in [1.82, 2.24) is 4.90 Å². The molecular formula is C16H22N2O3S2. The van der Waals surface area contributed by atoms with Crippen molar-refractivity contribution in [3.05, 3.63) is 24.3 Å². The first-order chi connectivity index (χ1) is 10.9. The highest BCUT2D eigenvalue weighted by Gasteiger charge is 2.28. The molecular weight excluding hydrogens is 332 g/mol. The lowest BCUT2D eigenvalue weighted by atomic mass is 10.2. The Hall–Kier alpha value is -1.05. The lowest BCUT2D eigenvalue weighted by Crippen LogP contribution is -2.47. The normalized spacial score (nSPS) is 24.7. The fraction of sp³-hybridized carbons (Fsp3) is 0.562. The molecule has 0 aliphatic carbocycles. The van der Waals surface area contributed by atoms with Crippen molar-refractivity contribution < 1.29 is 13.2 Å². The number of benzene rings is 1. The first kappa shape index (κ1) is 16.8. The van der Waals surface area contributed by atoms with E-state index >= 15 is 0 Å². The van der Waals surface area contributed by atoms with Crippen molar-refractivity contribution in [2.24, 2.45) is 0 Å². The Balaban J connectivity index is 1.72. The second kappa shape index (κ2) is 6.83. The lowest BCUT2D eigenvalue weighted by molar-refractivity contribution is -0.119. The van der Waals surface area contributed by atoms with Gasteiger partial charge in [-0.25, -0.2) is 8.42 Å². The molecule has 2 aliphatic heterocycles. The summed E-state index contributed by atoms with van der Waals surface area (Å²) in [5.41, 5.74) is 0.983. The second-order valence-corrected chi connectivity index (χ2v) is 9.94. The minimum atomic E-state index is -2.91. The van der Waals surface area contributed by atoms with E-state index in [-0.39, 0.29) is 17.4 Å². The molecule has 1 amide bonds. The summed E-state index contributed by atoms with van der Waals surface area (Å²) in [5.74, 6) is 0.375. The van der Waals surface area contributed by atoms with Crippen LogP contribution >= 0.6 is 11.8 Å². The lowest BCUT2D eigenvalue weighted by Gasteiger charge is -2.29. The zero-order valence-corrected chi connectivity index (χ0v) is 14.9. The average Bonchev–Trinajstić information content (AvgIpc) is 2.67. The molecule has 1 aromatic rings. The monoisotopic (exact) mass is 354 g/mol. The van der Waals surface area contributed by atoms with Gasteiger partial charge in [0.1, 0.15) is 0 Å². The minimum Gasteiger partial charge on any atom is -0.310 e. The molecule has 1 saturated heterocycles. The quantitative estimate of drug-likeness (QED) is 0.808. The van der Waals surface area contributed by atoms with Crippen molar-refractivity contribution in [1.29, 1.82) is 0 Å². The molecule has 1 aromatic carbocycles. The van der Waals surface area contributed by atoms with Crippen molar-refractivity contribution in [3.63, 3.8) is 0 Å². The molecule has 23 heavy (non-hydrogen) atoms. The summed E-state index contributed by atoms with van der Waals surface area (Å²) in [6, 6.07) is 8.03. The average molecular weight is 354 g/mol. The Bertz CT molecular complexity index is 676. The van der Waals surface area contributed by atoms with Gasteiger partial charge in [0.2, 0.25) is 5.91 Å². The van der Waals surface area contributed by atoms with Gasteiger partial charge in [0.25, 0.3) is 0 Å². The van der Waals surface area contributed by atoms with Crippen molar-refractivity contribution in [3.8, 4) is 0 Å². The largest absolute Gasteiger partial charge is 0.310 e. The Kier molecular flexibility index (Phi) is 4.98. The Labute approximate surface area is 141 Å². The number of carbonyl (C=O) groups excluding carboxylic acids is 1. The molecule has 0 N–H and O–H groups in total. The Morgan fingerprint density at radius 2 is 1.91 bits per heavy atom. The molecule has 0 spiro atoms. The van der Waals surface area contributed by atoms with Gasteiger partial charge in [0, 0.05) is 29.8 Å². The third kappa shape index (κ3) is 4.08. The molecule has 1 unspecified atom stereocenters. The van der Waals surface area contributed by atoms with E-state index in [1.54, 1.807) is 0 Å². The van der Waals surface area contributed by atoms with Crippen LogP contribution in [0.25, 0.3) is 0 Å². The maximum absolute atomic E-state index is 12.8. The Morgan fingerprint density at radius 1 is 1.22 bits per heavy atom.